The molecule has 2 unspecified atom stereocenters. The first-order valence-electron chi connectivity index (χ1n) is 4.75. The minimum atomic E-state index is -4.69. The van der Waals surface area contributed by atoms with Crippen LogP contribution in [0.2, 0.25) is 0 Å². The highest BCUT2D eigenvalue weighted by Gasteiger charge is 2.37. The van der Waals surface area contributed by atoms with Gasteiger partial charge in [0.1, 0.15) is 6.54 Å². The van der Waals surface area contributed by atoms with Crippen molar-refractivity contribution in [3.8, 4) is 0 Å². The maximum atomic E-state index is 11.8. The Hall–Kier alpha value is -0.910. The number of alkyl halides is 3. The SMILES string of the molecule is O=C(O)C1COCC1NS(=O)(=O)NCC(F)(F)F. The number of nitrogens with one attached hydrogen (secondary N) is 2. The van der Waals surface area contributed by atoms with E-state index in [9.17, 15) is 26.4 Å². The van der Waals surface area contributed by atoms with Crippen molar-refractivity contribution in [2.45, 2.75) is 12.2 Å². The zero-order chi connectivity index (χ0) is 14.0. The van der Waals surface area contributed by atoms with E-state index in [-0.39, 0.29) is 13.2 Å². The fourth-order valence-electron chi connectivity index (χ4n) is 1.33. The van der Waals surface area contributed by atoms with E-state index in [0.717, 1.165) is 0 Å². The van der Waals surface area contributed by atoms with Gasteiger partial charge in [-0.1, -0.05) is 0 Å². The van der Waals surface area contributed by atoms with E-state index in [0.29, 0.717) is 0 Å². The maximum Gasteiger partial charge on any atom is 0.402 e. The highest BCUT2D eigenvalue weighted by molar-refractivity contribution is 7.87. The van der Waals surface area contributed by atoms with Gasteiger partial charge >= 0.3 is 12.1 Å². The highest BCUT2D eigenvalue weighted by atomic mass is 32.2. The molecular weight excluding hydrogens is 281 g/mol. The summed E-state index contributed by atoms with van der Waals surface area (Å²) in [6.07, 6.45) is -4.69. The molecule has 1 fully saturated rings. The molecule has 0 aromatic carbocycles. The van der Waals surface area contributed by atoms with Crippen LogP contribution in [0.5, 0.6) is 0 Å². The molecule has 0 bridgehead atoms. The number of hydrogen-bond acceptors (Lipinski definition) is 4. The molecule has 2 atom stereocenters. The normalized spacial score (nSPS) is 25.3. The van der Waals surface area contributed by atoms with Crippen LogP contribution in [0.15, 0.2) is 0 Å². The molecule has 1 saturated heterocycles. The van der Waals surface area contributed by atoms with Gasteiger partial charge in [0.2, 0.25) is 0 Å². The van der Waals surface area contributed by atoms with Crippen LogP contribution in [0.4, 0.5) is 13.2 Å². The van der Waals surface area contributed by atoms with Gasteiger partial charge in [-0.2, -0.15) is 31.0 Å². The molecule has 0 spiro atoms. The van der Waals surface area contributed by atoms with E-state index in [1.165, 1.54) is 4.72 Å². The predicted octanol–water partition coefficient (Wildman–Crippen LogP) is -0.928. The lowest BCUT2D eigenvalue weighted by atomic mass is 10.1. The number of carbonyl (C=O) groups is 1. The molecule has 0 amide bonds. The Balaban J connectivity index is 2.57. The molecule has 0 aromatic rings. The summed E-state index contributed by atoms with van der Waals surface area (Å²) in [5.41, 5.74) is 0. The van der Waals surface area contributed by atoms with Crippen LogP contribution in [-0.4, -0.2) is 51.5 Å². The molecule has 0 aliphatic carbocycles. The quantitative estimate of drug-likeness (QED) is 0.607. The second-order valence-electron chi connectivity index (χ2n) is 3.65. The third-order valence-corrected chi connectivity index (χ3v) is 3.30. The topological polar surface area (TPSA) is 105 Å². The summed E-state index contributed by atoms with van der Waals surface area (Å²) < 4.78 is 65.8. The van der Waals surface area contributed by atoms with Crippen molar-refractivity contribution < 1.29 is 36.2 Å². The molecule has 1 rings (SSSR count). The highest BCUT2D eigenvalue weighted by Crippen LogP contribution is 2.15. The van der Waals surface area contributed by atoms with E-state index in [2.05, 4.69) is 0 Å². The molecule has 1 aliphatic heterocycles. The Bertz CT molecular complexity index is 410. The van der Waals surface area contributed by atoms with Gasteiger partial charge in [-0.3, -0.25) is 4.79 Å². The van der Waals surface area contributed by atoms with E-state index in [1.807, 2.05) is 4.72 Å². The first-order chi connectivity index (χ1) is 8.11. The Morgan fingerprint density at radius 1 is 1.39 bits per heavy atom. The fourth-order valence-corrected chi connectivity index (χ4v) is 2.40. The van der Waals surface area contributed by atoms with Crippen LogP contribution in [0.1, 0.15) is 0 Å². The molecular formula is C7H11F3N2O5S. The average molecular weight is 292 g/mol. The van der Waals surface area contributed by atoms with E-state index < -0.39 is 40.9 Å². The summed E-state index contributed by atoms with van der Waals surface area (Å²) in [6, 6.07) is -1.09. The molecule has 1 aliphatic rings. The second-order valence-corrected chi connectivity index (χ2v) is 5.18. The summed E-state index contributed by atoms with van der Waals surface area (Å²) in [5, 5.41) is 8.72. The smallest absolute Gasteiger partial charge is 0.402 e. The second kappa shape index (κ2) is 5.38. The van der Waals surface area contributed by atoms with Crippen molar-refractivity contribution >= 4 is 16.2 Å². The number of rotatable bonds is 5. The molecule has 11 heteroatoms. The van der Waals surface area contributed by atoms with Crippen molar-refractivity contribution in [1.82, 2.24) is 9.44 Å². The lowest BCUT2D eigenvalue weighted by molar-refractivity contribution is -0.142. The minimum Gasteiger partial charge on any atom is -0.481 e. The molecule has 7 nitrogen and oxygen atoms in total. The van der Waals surface area contributed by atoms with Gasteiger partial charge in [0, 0.05) is 0 Å². The van der Waals surface area contributed by atoms with Gasteiger partial charge in [0.05, 0.1) is 25.2 Å². The van der Waals surface area contributed by atoms with Crippen LogP contribution in [-0.2, 0) is 19.7 Å². The molecule has 106 valence electrons. The van der Waals surface area contributed by atoms with Gasteiger partial charge in [-0.05, 0) is 0 Å². The Labute approximate surface area is 100 Å². The standard InChI is InChI=1S/C7H11F3N2O5S/c8-7(9,10)3-11-18(15,16)12-5-2-17-1-4(5)6(13)14/h4-5,11-12H,1-3H2,(H,13,14). The van der Waals surface area contributed by atoms with Crippen molar-refractivity contribution in [3.05, 3.63) is 0 Å². The maximum absolute atomic E-state index is 11.8. The lowest BCUT2D eigenvalue weighted by Crippen LogP contribution is -2.49. The van der Waals surface area contributed by atoms with Crippen molar-refractivity contribution in [2.75, 3.05) is 19.8 Å². The number of carboxylic acid groups (broad SMARTS) is 1. The van der Waals surface area contributed by atoms with Gasteiger partial charge in [-0.15, -0.1) is 0 Å². The summed E-state index contributed by atoms with van der Waals surface area (Å²) >= 11 is 0. The molecule has 1 heterocycles. The van der Waals surface area contributed by atoms with Crippen LogP contribution >= 0.6 is 0 Å². The summed E-state index contributed by atoms with van der Waals surface area (Å²) in [7, 11) is -4.43. The zero-order valence-corrected chi connectivity index (χ0v) is 9.71. The van der Waals surface area contributed by atoms with Crippen molar-refractivity contribution in [1.29, 1.82) is 0 Å². The lowest BCUT2D eigenvalue weighted by Gasteiger charge is -2.16. The largest absolute Gasteiger partial charge is 0.481 e. The fraction of sp³-hybridized carbons (Fsp3) is 0.857. The van der Waals surface area contributed by atoms with E-state index >= 15 is 0 Å². The average Bonchev–Trinajstić information content (AvgIpc) is 2.61. The summed E-state index contributed by atoms with van der Waals surface area (Å²) in [4.78, 5) is 10.7. The van der Waals surface area contributed by atoms with Crippen LogP contribution in [0.25, 0.3) is 0 Å². The van der Waals surface area contributed by atoms with E-state index in [1.54, 1.807) is 0 Å². The molecule has 3 N–H and O–H groups in total. The number of carboxylic acids is 1. The van der Waals surface area contributed by atoms with Crippen LogP contribution < -0.4 is 9.44 Å². The van der Waals surface area contributed by atoms with Crippen LogP contribution in [0, 0.1) is 5.92 Å². The van der Waals surface area contributed by atoms with Gasteiger partial charge in [0.15, 0.2) is 0 Å². The Kier molecular flexibility index (Phi) is 4.53. The van der Waals surface area contributed by atoms with Gasteiger partial charge in [0.25, 0.3) is 10.2 Å². The predicted molar refractivity (Wildman–Crippen MR) is 51.8 cm³/mol. The molecule has 18 heavy (non-hydrogen) atoms. The van der Waals surface area contributed by atoms with Gasteiger partial charge in [-0.25, -0.2) is 0 Å². The molecule has 0 radical (unpaired) electrons. The molecule has 0 saturated carbocycles. The Morgan fingerprint density at radius 3 is 2.50 bits per heavy atom. The van der Waals surface area contributed by atoms with Crippen molar-refractivity contribution in [2.24, 2.45) is 5.92 Å². The number of halogens is 3. The minimum absolute atomic E-state index is 0.193. The third-order valence-electron chi connectivity index (χ3n) is 2.17. The summed E-state index contributed by atoms with van der Waals surface area (Å²) in [5.74, 6) is -2.40. The number of aliphatic carboxylic acids is 1. The van der Waals surface area contributed by atoms with Crippen LogP contribution in [0.3, 0.4) is 0 Å². The first kappa shape index (κ1) is 15.1. The zero-order valence-electron chi connectivity index (χ0n) is 8.90. The monoisotopic (exact) mass is 292 g/mol. The molecule has 0 aromatic heterocycles. The summed E-state index contributed by atoms with van der Waals surface area (Å²) in [6.45, 7) is -2.13. The Morgan fingerprint density at radius 2 is 2.00 bits per heavy atom. The number of ether oxygens (including phenoxy) is 1. The number of hydrogen-bond donors (Lipinski definition) is 3. The third kappa shape index (κ3) is 4.76. The van der Waals surface area contributed by atoms with Crippen molar-refractivity contribution in [3.63, 3.8) is 0 Å². The van der Waals surface area contributed by atoms with Gasteiger partial charge < -0.3 is 9.84 Å². The van der Waals surface area contributed by atoms with E-state index in [4.69, 9.17) is 9.84 Å². The first-order valence-corrected chi connectivity index (χ1v) is 6.23.